The van der Waals surface area contributed by atoms with Crippen LogP contribution in [0, 0.1) is 0 Å². The van der Waals surface area contributed by atoms with Crippen LogP contribution in [-0.4, -0.2) is 120 Å². The Morgan fingerprint density at radius 1 is 0.600 bits per heavy atom. The predicted molar refractivity (Wildman–Crippen MR) is 95.9 cm³/mol. The highest BCUT2D eigenvalue weighted by molar-refractivity contribution is 4.72. The summed E-state index contributed by atoms with van der Waals surface area (Å²) in [7, 11) is 0. The molecule has 4 heterocycles. The first kappa shape index (κ1) is 19.5. The number of rotatable bonds is 4. The fourth-order valence-corrected chi connectivity index (χ4v) is 3.63. The second kappa shape index (κ2) is 11.4. The van der Waals surface area contributed by atoms with Crippen molar-refractivity contribution >= 4 is 0 Å². The molecule has 4 aliphatic heterocycles. The Hall–Kier alpha value is -0.280. The summed E-state index contributed by atoms with van der Waals surface area (Å²) >= 11 is 0. The Balaban J connectivity index is 0.000000146. The van der Waals surface area contributed by atoms with Crippen LogP contribution in [0.1, 0.15) is 12.8 Å². The largest absolute Gasteiger partial charge is 0.379 e. The summed E-state index contributed by atoms with van der Waals surface area (Å²) in [5.74, 6) is 0. The number of hydrogen-bond acceptors (Lipinski definition) is 7. The molecule has 146 valence electrons. The summed E-state index contributed by atoms with van der Waals surface area (Å²) in [5.41, 5.74) is 0. The number of nitrogens with zero attached hydrogens (tertiary/aromatic N) is 3. The molecule has 0 bridgehead atoms. The molecular weight excluding hydrogens is 322 g/mol. The third-order valence-corrected chi connectivity index (χ3v) is 5.20. The lowest BCUT2D eigenvalue weighted by Gasteiger charge is -2.34. The van der Waals surface area contributed by atoms with Crippen molar-refractivity contribution in [2.24, 2.45) is 0 Å². The van der Waals surface area contributed by atoms with Gasteiger partial charge in [0.25, 0.3) is 0 Å². The molecule has 0 aromatic heterocycles. The van der Waals surface area contributed by atoms with Crippen molar-refractivity contribution in [2.45, 2.75) is 18.9 Å². The first-order valence-electron chi connectivity index (χ1n) is 9.92. The fraction of sp³-hybridized carbons (Fsp3) is 1.00. The molecule has 0 spiro atoms. The molecule has 0 radical (unpaired) electrons. The summed E-state index contributed by atoms with van der Waals surface area (Å²) in [5, 5.41) is 0. The molecule has 7 heteroatoms. The number of hydrogen-bond donors (Lipinski definition) is 0. The smallest absolute Gasteiger partial charge is 0.0702 e. The molecule has 25 heavy (non-hydrogen) atoms. The van der Waals surface area contributed by atoms with E-state index in [1.165, 1.54) is 12.8 Å². The van der Waals surface area contributed by atoms with Gasteiger partial charge in [-0.2, -0.15) is 0 Å². The van der Waals surface area contributed by atoms with Crippen molar-refractivity contribution in [3.63, 3.8) is 0 Å². The molecule has 4 saturated heterocycles. The minimum absolute atomic E-state index is 0.503. The average molecular weight is 357 g/mol. The molecule has 4 fully saturated rings. The highest BCUT2D eigenvalue weighted by atomic mass is 16.5. The van der Waals surface area contributed by atoms with E-state index in [1.807, 2.05) is 0 Å². The summed E-state index contributed by atoms with van der Waals surface area (Å²) in [6, 6.07) is 0. The van der Waals surface area contributed by atoms with E-state index in [0.29, 0.717) is 6.10 Å². The Bertz CT molecular complexity index is 321. The van der Waals surface area contributed by atoms with Crippen LogP contribution < -0.4 is 0 Å². The van der Waals surface area contributed by atoms with Crippen LogP contribution in [0.15, 0.2) is 0 Å². The molecule has 0 saturated carbocycles. The quantitative estimate of drug-likeness (QED) is 0.707. The second-order valence-electron chi connectivity index (χ2n) is 7.15. The van der Waals surface area contributed by atoms with E-state index in [2.05, 4.69) is 14.7 Å². The minimum atomic E-state index is 0.503. The van der Waals surface area contributed by atoms with E-state index in [4.69, 9.17) is 18.9 Å². The van der Waals surface area contributed by atoms with Crippen LogP contribution in [-0.2, 0) is 18.9 Å². The van der Waals surface area contributed by atoms with Crippen molar-refractivity contribution in [1.82, 2.24) is 14.7 Å². The zero-order chi connectivity index (χ0) is 17.2. The van der Waals surface area contributed by atoms with E-state index < -0.39 is 0 Å². The maximum Gasteiger partial charge on any atom is 0.0702 e. The molecule has 0 aromatic rings. The van der Waals surface area contributed by atoms with Gasteiger partial charge in [0.2, 0.25) is 0 Å². The number of morpholine rings is 3. The Morgan fingerprint density at radius 2 is 1.08 bits per heavy atom. The van der Waals surface area contributed by atoms with Gasteiger partial charge in [-0.25, -0.2) is 0 Å². The van der Waals surface area contributed by atoms with Crippen LogP contribution in [0.2, 0.25) is 0 Å². The molecule has 1 atom stereocenters. The van der Waals surface area contributed by atoms with Gasteiger partial charge in [-0.3, -0.25) is 14.7 Å². The molecular formula is C18H35N3O4. The maximum atomic E-state index is 5.57. The number of ether oxygens (including phenoxy) is 4. The first-order valence-corrected chi connectivity index (χ1v) is 9.92. The molecule has 4 rings (SSSR count). The summed E-state index contributed by atoms with van der Waals surface area (Å²) in [4.78, 5) is 7.35. The normalized spacial score (nSPS) is 30.0. The molecule has 1 unspecified atom stereocenters. The topological polar surface area (TPSA) is 46.6 Å². The molecule has 0 amide bonds. The summed E-state index contributed by atoms with van der Waals surface area (Å²) in [6.45, 7) is 15.0. The average Bonchev–Trinajstić information content (AvgIpc) is 3.18. The third-order valence-electron chi connectivity index (χ3n) is 5.20. The molecule has 0 N–H and O–H groups in total. The van der Waals surface area contributed by atoms with Gasteiger partial charge < -0.3 is 18.9 Å². The van der Waals surface area contributed by atoms with Crippen molar-refractivity contribution in [3.8, 4) is 0 Å². The van der Waals surface area contributed by atoms with Gasteiger partial charge in [0.15, 0.2) is 0 Å². The fourth-order valence-electron chi connectivity index (χ4n) is 3.63. The van der Waals surface area contributed by atoms with Crippen LogP contribution in [0.25, 0.3) is 0 Å². The lowest BCUT2D eigenvalue weighted by molar-refractivity contribution is -0.0229. The van der Waals surface area contributed by atoms with Gasteiger partial charge >= 0.3 is 0 Å². The van der Waals surface area contributed by atoms with E-state index >= 15 is 0 Å². The van der Waals surface area contributed by atoms with Crippen LogP contribution >= 0.6 is 0 Å². The minimum Gasteiger partial charge on any atom is -0.379 e. The highest BCUT2D eigenvalue weighted by Gasteiger charge is 2.20. The molecule has 0 aromatic carbocycles. The Morgan fingerprint density at radius 3 is 1.52 bits per heavy atom. The summed E-state index contributed by atoms with van der Waals surface area (Å²) in [6.07, 6.45) is 3.00. The first-order chi connectivity index (χ1) is 12.4. The van der Waals surface area contributed by atoms with Gasteiger partial charge in [-0.1, -0.05) is 0 Å². The van der Waals surface area contributed by atoms with E-state index in [0.717, 1.165) is 98.7 Å². The van der Waals surface area contributed by atoms with E-state index in [-0.39, 0.29) is 0 Å². The van der Waals surface area contributed by atoms with Gasteiger partial charge in [0.05, 0.1) is 52.4 Å². The predicted octanol–water partition coefficient (Wildman–Crippen LogP) is 0.106. The zero-order valence-electron chi connectivity index (χ0n) is 15.6. The highest BCUT2D eigenvalue weighted by Crippen LogP contribution is 2.13. The van der Waals surface area contributed by atoms with Gasteiger partial charge in [-0.15, -0.1) is 0 Å². The summed E-state index contributed by atoms with van der Waals surface area (Å²) < 4.78 is 21.5. The zero-order valence-corrected chi connectivity index (χ0v) is 15.6. The van der Waals surface area contributed by atoms with Crippen LogP contribution in [0.3, 0.4) is 0 Å². The van der Waals surface area contributed by atoms with Crippen molar-refractivity contribution in [1.29, 1.82) is 0 Å². The Kier molecular flexibility index (Phi) is 8.91. The van der Waals surface area contributed by atoms with Gasteiger partial charge in [0, 0.05) is 52.4 Å². The van der Waals surface area contributed by atoms with E-state index in [1.54, 1.807) is 0 Å². The standard InChI is InChI=1S/C9H18N2O2.C9H17NO2/c1-5-12-6-2-10(1)9-11-3-7-13-8-4-11;1-2-9(12-5-1)8-10-3-6-11-7-4-10/h1-9H2;9H,1-8H2. The van der Waals surface area contributed by atoms with Crippen molar-refractivity contribution < 1.29 is 18.9 Å². The lowest BCUT2D eigenvalue weighted by atomic mass is 10.2. The lowest BCUT2D eigenvalue weighted by Crippen LogP contribution is -2.47. The monoisotopic (exact) mass is 357 g/mol. The maximum absolute atomic E-state index is 5.57. The third kappa shape index (κ3) is 7.46. The van der Waals surface area contributed by atoms with Gasteiger partial charge in [0.1, 0.15) is 0 Å². The van der Waals surface area contributed by atoms with Gasteiger partial charge in [-0.05, 0) is 12.8 Å². The molecule has 0 aliphatic carbocycles. The van der Waals surface area contributed by atoms with Crippen LogP contribution in [0.4, 0.5) is 0 Å². The second-order valence-corrected chi connectivity index (χ2v) is 7.15. The van der Waals surface area contributed by atoms with E-state index in [9.17, 15) is 0 Å². The van der Waals surface area contributed by atoms with Crippen LogP contribution in [0.5, 0.6) is 0 Å². The molecule has 4 aliphatic rings. The van der Waals surface area contributed by atoms with Crippen molar-refractivity contribution in [2.75, 3.05) is 98.7 Å². The molecule has 7 nitrogen and oxygen atoms in total. The SMILES string of the molecule is C1CN(CN2CCOCC2)CCO1.C1COC(CN2CCOCC2)C1. The Labute approximate surface area is 152 Å². The van der Waals surface area contributed by atoms with Crippen molar-refractivity contribution in [3.05, 3.63) is 0 Å².